The van der Waals surface area contributed by atoms with Crippen LogP contribution in [0, 0.1) is 17.0 Å². The van der Waals surface area contributed by atoms with Gasteiger partial charge in [0.2, 0.25) is 5.91 Å². The maximum atomic E-state index is 13.9. The summed E-state index contributed by atoms with van der Waals surface area (Å²) in [6.07, 6.45) is 0. The number of hydrogen-bond donors (Lipinski definition) is 2. The lowest BCUT2D eigenvalue weighted by atomic mass is 9.82. The minimum Gasteiger partial charge on any atom is -0.347 e. The summed E-state index contributed by atoms with van der Waals surface area (Å²) in [5.41, 5.74) is 5.33. The molecule has 6 heteroatoms. The van der Waals surface area contributed by atoms with Crippen molar-refractivity contribution in [1.29, 1.82) is 0 Å². The Morgan fingerprint density at radius 1 is 1.30 bits per heavy atom. The van der Waals surface area contributed by atoms with Gasteiger partial charge in [-0.1, -0.05) is 26.8 Å². The largest absolute Gasteiger partial charge is 0.347 e. The lowest BCUT2D eigenvalue weighted by Gasteiger charge is -2.32. The molecule has 0 radical (unpaired) electrons. The fourth-order valence-electron chi connectivity index (χ4n) is 1.77. The zero-order valence-electron chi connectivity index (χ0n) is 12.0. The summed E-state index contributed by atoms with van der Waals surface area (Å²) in [6.45, 7) is 7.14. The van der Waals surface area contributed by atoms with Crippen LogP contribution in [-0.2, 0) is 4.79 Å². The van der Waals surface area contributed by atoms with Crippen LogP contribution in [0.5, 0.6) is 0 Å². The van der Waals surface area contributed by atoms with Gasteiger partial charge in [-0.3, -0.25) is 4.79 Å². The van der Waals surface area contributed by atoms with Crippen molar-refractivity contribution in [2.75, 3.05) is 0 Å². The Morgan fingerprint density at radius 3 is 2.25 bits per heavy atom. The Bertz CT molecular complexity index is 473. The topological polar surface area (TPSA) is 55.1 Å². The average Bonchev–Trinajstić information content (AvgIpc) is 2.24. The van der Waals surface area contributed by atoms with E-state index in [9.17, 15) is 13.6 Å². The van der Waals surface area contributed by atoms with Crippen LogP contribution in [0.3, 0.4) is 0 Å². The molecule has 0 aliphatic rings. The molecule has 1 rings (SSSR count). The molecule has 3 nitrogen and oxygen atoms in total. The number of benzene rings is 1. The van der Waals surface area contributed by atoms with E-state index in [1.165, 1.54) is 12.1 Å². The van der Waals surface area contributed by atoms with Crippen LogP contribution in [0.1, 0.15) is 39.3 Å². The Balaban J connectivity index is 0.00000361. The lowest BCUT2D eigenvalue weighted by Crippen LogP contribution is -2.44. The number of amides is 1. The van der Waals surface area contributed by atoms with Gasteiger partial charge in [0.25, 0.3) is 0 Å². The van der Waals surface area contributed by atoms with E-state index in [1.54, 1.807) is 6.92 Å². The van der Waals surface area contributed by atoms with Gasteiger partial charge >= 0.3 is 0 Å². The SMILES string of the molecule is C[C@@H](N)C(=O)NC(c1ccc(F)cc1F)C(C)(C)C.Cl. The minimum atomic E-state index is -0.687. The molecule has 1 aromatic carbocycles. The summed E-state index contributed by atoms with van der Waals surface area (Å²) in [4.78, 5) is 11.7. The van der Waals surface area contributed by atoms with Gasteiger partial charge in [-0.25, -0.2) is 8.78 Å². The first-order chi connectivity index (χ1) is 8.62. The van der Waals surface area contributed by atoms with E-state index < -0.39 is 29.1 Å². The predicted molar refractivity (Wildman–Crippen MR) is 77.6 cm³/mol. The molecule has 1 amide bonds. The summed E-state index contributed by atoms with van der Waals surface area (Å²) in [6, 6.07) is 2.07. The van der Waals surface area contributed by atoms with Crippen LogP contribution in [-0.4, -0.2) is 11.9 Å². The average molecular weight is 307 g/mol. The number of carbonyl (C=O) groups excluding carboxylic acids is 1. The quantitative estimate of drug-likeness (QED) is 0.902. The summed E-state index contributed by atoms with van der Waals surface area (Å²) >= 11 is 0. The summed E-state index contributed by atoms with van der Waals surface area (Å²) in [5, 5.41) is 2.71. The summed E-state index contributed by atoms with van der Waals surface area (Å²) < 4.78 is 26.8. The Morgan fingerprint density at radius 2 is 1.85 bits per heavy atom. The number of halogens is 3. The zero-order valence-corrected chi connectivity index (χ0v) is 12.9. The molecule has 1 aromatic rings. The molecule has 3 N–H and O–H groups in total. The first-order valence-electron chi connectivity index (χ1n) is 6.14. The van der Waals surface area contributed by atoms with Gasteiger partial charge in [-0.2, -0.15) is 0 Å². The van der Waals surface area contributed by atoms with Crippen LogP contribution >= 0.6 is 12.4 Å². The standard InChI is InChI=1S/C14H20F2N2O.ClH/c1-8(17)13(19)18-12(14(2,3)4)10-6-5-9(15)7-11(10)16;/h5-8,12H,17H2,1-4H3,(H,18,19);1H/t8-,12?;/m1./s1. The number of carbonyl (C=O) groups is 1. The van der Waals surface area contributed by atoms with Gasteiger partial charge in [0.1, 0.15) is 11.6 Å². The van der Waals surface area contributed by atoms with Gasteiger partial charge in [-0.15, -0.1) is 12.4 Å². The van der Waals surface area contributed by atoms with Gasteiger partial charge in [0, 0.05) is 11.6 Å². The van der Waals surface area contributed by atoms with Crippen LogP contribution < -0.4 is 11.1 Å². The first-order valence-corrected chi connectivity index (χ1v) is 6.14. The highest BCUT2D eigenvalue weighted by Crippen LogP contribution is 2.34. The molecule has 0 aromatic heterocycles. The van der Waals surface area contributed by atoms with Crippen molar-refractivity contribution in [3.8, 4) is 0 Å². The highest BCUT2D eigenvalue weighted by Gasteiger charge is 2.30. The Kier molecular flexibility index (Phi) is 6.58. The third-order valence-electron chi connectivity index (χ3n) is 2.84. The van der Waals surface area contributed by atoms with Crippen LogP contribution in [0.15, 0.2) is 18.2 Å². The van der Waals surface area contributed by atoms with Crippen molar-refractivity contribution in [3.63, 3.8) is 0 Å². The minimum absolute atomic E-state index is 0. The fraction of sp³-hybridized carbons (Fsp3) is 0.500. The van der Waals surface area contributed by atoms with Crippen molar-refractivity contribution in [2.24, 2.45) is 11.1 Å². The second-order valence-electron chi connectivity index (χ2n) is 5.76. The number of nitrogens with one attached hydrogen (secondary N) is 1. The Hall–Kier alpha value is -1.20. The molecule has 0 saturated carbocycles. The molecule has 0 spiro atoms. The highest BCUT2D eigenvalue weighted by molar-refractivity contribution is 5.85. The molecular formula is C14H21ClF2N2O. The molecule has 2 atom stereocenters. The van der Waals surface area contributed by atoms with Crippen molar-refractivity contribution < 1.29 is 13.6 Å². The van der Waals surface area contributed by atoms with E-state index >= 15 is 0 Å². The van der Waals surface area contributed by atoms with Gasteiger partial charge in [0.05, 0.1) is 12.1 Å². The normalized spacial score (nSPS) is 14.2. The van der Waals surface area contributed by atoms with Crippen LogP contribution in [0.25, 0.3) is 0 Å². The highest BCUT2D eigenvalue weighted by atomic mass is 35.5. The van der Waals surface area contributed by atoms with Crippen molar-refractivity contribution >= 4 is 18.3 Å². The number of rotatable bonds is 3. The van der Waals surface area contributed by atoms with Crippen molar-refractivity contribution in [1.82, 2.24) is 5.32 Å². The maximum Gasteiger partial charge on any atom is 0.237 e. The third kappa shape index (κ3) is 4.72. The monoisotopic (exact) mass is 306 g/mol. The van der Waals surface area contributed by atoms with E-state index in [-0.39, 0.29) is 23.9 Å². The fourth-order valence-corrected chi connectivity index (χ4v) is 1.77. The van der Waals surface area contributed by atoms with E-state index in [0.29, 0.717) is 0 Å². The van der Waals surface area contributed by atoms with Crippen molar-refractivity contribution in [2.45, 2.75) is 39.8 Å². The predicted octanol–water partition coefficient (Wildman–Crippen LogP) is 2.94. The zero-order chi connectivity index (χ0) is 14.8. The third-order valence-corrected chi connectivity index (χ3v) is 2.84. The summed E-state index contributed by atoms with van der Waals surface area (Å²) in [7, 11) is 0. The lowest BCUT2D eigenvalue weighted by molar-refractivity contribution is -0.123. The van der Waals surface area contributed by atoms with Crippen LogP contribution in [0.2, 0.25) is 0 Å². The molecule has 20 heavy (non-hydrogen) atoms. The molecule has 1 unspecified atom stereocenters. The van der Waals surface area contributed by atoms with E-state index in [2.05, 4.69) is 5.32 Å². The second kappa shape index (κ2) is 6.99. The molecular weight excluding hydrogens is 286 g/mol. The molecule has 0 bridgehead atoms. The maximum absolute atomic E-state index is 13.9. The molecule has 0 aliphatic heterocycles. The molecule has 0 fully saturated rings. The second-order valence-corrected chi connectivity index (χ2v) is 5.76. The van der Waals surface area contributed by atoms with Gasteiger partial charge in [0.15, 0.2) is 0 Å². The van der Waals surface area contributed by atoms with Crippen molar-refractivity contribution in [3.05, 3.63) is 35.4 Å². The molecule has 0 aliphatic carbocycles. The van der Waals surface area contributed by atoms with E-state index in [4.69, 9.17) is 5.73 Å². The summed E-state index contributed by atoms with van der Waals surface area (Å²) in [5.74, 6) is -1.69. The molecule has 114 valence electrons. The molecule has 0 heterocycles. The van der Waals surface area contributed by atoms with Gasteiger partial charge < -0.3 is 11.1 Å². The number of nitrogens with two attached hydrogens (primary N) is 1. The van der Waals surface area contributed by atoms with Gasteiger partial charge in [-0.05, 0) is 18.4 Å². The van der Waals surface area contributed by atoms with Crippen LogP contribution in [0.4, 0.5) is 8.78 Å². The first kappa shape index (κ1) is 18.8. The number of hydrogen-bond acceptors (Lipinski definition) is 2. The smallest absolute Gasteiger partial charge is 0.237 e. The van der Waals surface area contributed by atoms with E-state index in [0.717, 1.165) is 6.07 Å². The Labute approximate surface area is 124 Å². The molecule has 0 saturated heterocycles. The van der Waals surface area contributed by atoms with E-state index in [1.807, 2.05) is 20.8 Å².